The molecule has 2 rings (SSSR count). The van der Waals surface area contributed by atoms with Crippen LogP contribution in [0.1, 0.15) is 31.7 Å². The first-order valence-corrected chi connectivity index (χ1v) is 9.12. The number of nitrogens with one attached hydrogen (secondary N) is 1. The van der Waals surface area contributed by atoms with Crippen LogP contribution in [0, 0.1) is 5.92 Å². The van der Waals surface area contributed by atoms with Gasteiger partial charge in [-0.1, -0.05) is 31.5 Å². The molecule has 0 aromatic heterocycles. The number of sulfonamides is 1. The van der Waals surface area contributed by atoms with Gasteiger partial charge in [-0.15, -0.1) is 12.4 Å². The van der Waals surface area contributed by atoms with Crippen molar-refractivity contribution < 1.29 is 8.42 Å². The Morgan fingerprint density at radius 1 is 1.41 bits per heavy atom. The van der Waals surface area contributed by atoms with Crippen LogP contribution in [0.5, 0.6) is 0 Å². The molecule has 1 aliphatic rings. The SMILES string of the molecule is CNCC1CCN(S(=O)(=O)c2cc(C(C)C)ccc2Cl)C1.Cl. The molecule has 1 fully saturated rings. The van der Waals surface area contributed by atoms with Crippen molar-refractivity contribution in [2.24, 2.45) is 5.92 Å². The van der Waals surface area contributed by atoms with Crippen LogP contribution in [0.2, 0.25) is 5.02 Å². The molecule has 4 nitrogen and oxygen atoms in total. The molecule has 0 amide bonds. The Hall–Kier alpha value is -0.330. The Labute approximate surface area is 144 Å². The summed E-state index contributed by atoms with van der Waals surface area (Å²) >= 11 is 6.14. The lowest BCUT2D eigenvalue weighted by Crippen LogP contribution is -2.30. The Morgan fingerprint density at radius 2 is 2.09 bits per heavy atom. The number of halogens is 2. The normalized spacial score (nSPS) is 19.4. The highest BCUT2D eigenvalue weighted by Crippen LogP contribution is 2.31. The molecule has 1 aliphatic heterocycles. The predicted molar refractivity (Wildman–Crippen MR) is 93.6 cm³/mol. The lowest BCUT2D eigenvalue weighted by molar-refractivity contribution is 0.451. The topological polar surface area (TPSA) is 49.4 Å². The fourth-order valence-corrected chi connectivity index (χ4v) is 4.73. The molecular weight excluding hydrogens is 343 g/mol. The van der Waals surface area contributed by atoms with E-state index in [9.17, 15) is 8.42 Å². The molecule has 1 N–H and O–H groups in total. The first-order valence-electron chi connectivity index (χ1n) is 7.30. The molecule has 0 spiro atoms. The van der Waals surface area contributed by atoms with Gasteiger partial charge in [-0.05, 0) is 49.5 Å². The number of hydrogen-bond donors (Lipinski definition) is 1. The maximum absolute atomic E-state index is 12.8. The van der Waals surface area contributed by atoms with Crippen molar-refractivity contribution in [2.75, 3.05) is 26.7 Å². The van der Waals surface area contributed by atoms with Crippen LogP contribution < -0.4 is 5.32 Å². The molecule has 1 atom stereocenters. The minimum absolute atomic E-state index is 0. The van der Waals surface area contributed by atoms with Crippen molar-refractivity contribution in [3.8, 4) is 0 Å². The van der Waals surface area contributed by atoms with Gasteiger partial charge in [0.2, 0.25) is 10.0 Å². The highest BCUT2D eigenvalue weighted by Gasteiger charge is 2.33. The Morgan fingerprint density at radius 3 is 2.68 bits per heavy atom. The van der Waals surface area contributed by atoms with E-state index >= 15 is 0 Å². The van der Waals surface area contributed by atoms with Crippen molar-refractivity contribution in [1.29, 1.82) is 0 Å². The zero-order valence-corrected chi connectivity index (χ0v) is 15.6. The summed E-state index contributed by atoms with van der Waals surface area (Å²) in [7, 11) is -1.61. The van der Waals surface area contributed by atoms with Crippen LogP contribution in [0.15, 0.2) is 23.1 Å². The highest BCUT2D eigenvalue weighted by atomic mass is 35.5. The van der Waals surface area contributed by atoms with Gasteiger partial charge in [-0.3, -0.25) is 0 Å². The van der Waals surface area contributed by atoms with Crippen LogP contribution >= 0.6 is 24.0 Å². The number of nitrogens with zero attached hydrogens (tertiary/aromatic N) is 1. The first-order chi connectivity index (χ1) is 9.86. The van der Waals surface area contributed by atoms with E-state index in [1.807, 2.05) is 27.0 Å². The molecule has 1 saturated heterocycles. The summed E-state index contributed by atoms with van der Waals surface area (Å²) in [5.74, 6) is 0.642. The van der Waals surface area contributed by atoms with E-state index in [1.165, 1.54) is 0 Å². The van der Waals surface area contributed by atoms with Gasteiger partial charge in [0.15, 0.2) is 0 Å². The fourth-order valence-electron chi connectivity index (χ4n) is 2.69. The number of rotatable bonds is 5. The van der Waals surface area contributed by atoms with Crippen LogP contribution in [0.4, 0.5) is 0 Å². The lowest BCUT2D eigenvalue weighted by Gasteiger charge is -2.18. The van der Waals surface area contributed by atoms with Gasteiger partial charge in [-0.25, -0.2) is 8.42 Å². The Kier molecular flexibility index (Phi) is 7.15. The summed E-state index contributed by atoms with van der Waals surface area (Å²) in [6.45, 7) is 6.05. The average Bonchev–Trinajstić information content (AvgIpc) is 2.88. The quantitative estimate of drug-likeness (QED) is 0.870. The Balaban J connectivity index is 0.00000242. The second kappa shape index (κ2) is 7.97. The minimum Gasteiger partial charge on any atom is -0.319 e. The van der Waals surface area contributed by atoms with Crippen LogP contribution in [-0.2, 0) is 10.0 Å². The van der Waals surface area contributed by atoms with E-state index in [4.69, 9.17) is 11.6 Å². The molecule has 0 bridgehead atoms. The van der Waals surface area contributed by atoms with Gasteiger partial charge in [0.1, 0.15) is 4.90 Å². The molecule has 0 saturated carbocycles. The van der Waals surface area contributed by atoms with Gasteiger partial charge in [-0.2, -0.15) is 4.31 Å². The standard InChI is InChI=1S/C15H23ClN2O2S.ClH/c1-11(2)13-4-5-14(16)15(8-13)21(19,20)18-7-6-12(10-18)9-17-3;/h4-5,8,11-12,17H,6-7,9-10H2,1-3H3;1H. The van der Waals surface area contributed by atoms with Gasteiger partial charge in [0.05, 0.1) is 5.02 Å². The summed E-state index contributed by atoms with van der Waals surface area (Å²) in [6, 6.07) is 5.29. The number of benzene rings is 1. The summed E-state index contributed by atoms with van der Waals surface area (Å²) < 4.78 is 27.2. The minimum atomic E-state index is -3.50. The molecule has 1 unspecified atom stereocenters. The van der Waals surface area contributed by atoms with E-state index < -0.39 is 10.0 Å². The highest BCUT2D eigenvalue weighted by molar-refractivity contribution is 7.89. The van der Waals surface area contributed by atoms with Crippen LogP contribution in [0.25, 0.3) is 0 Å². The second-order valence-electron chi connectivity index (χ2n) is 5.92. The third kappa shape index (κ3) is 4.15. The zero-order valence-electron chi connectivity index (χ0n) is 13.2. The fraction of sp³-hybridized carbons (Fsp3) is 0.600. The first kappa shape index (κ1) is 19.7. The van der Waals surface area contributed by atoms with Crippen molar-refractivity contribution in [1.82, 2.24) is 9.62 Å². The molecule has 7 heteroatoms. The van der Waals surface area contributed by atoms with E-state index in [0.717, 1.165) is 18.5 Å². The molecule has 126 valence electrons. The third-order valence-corrected chi connectivity index (χ3v) is 6.33. The maximum Gasteiger partial charge on any atom is 0.244 e. The van der Waals surface area contributed by atoms with Crippen LogP contribution in [-0.4, -0.2) is 39.4 Å². The number of hydrogen-bond acceptors (Lipinski definition) is 3. The van der Waals surface area contributed by atoms with E-state index in [1.54, 1.807) is 16.4 Å². The summed E-state index contributed by atoms with van der Waals surface area (Å²) in [6.07, 6.45) is 0.890. The largest absolute Gasteiger partial charge is 0.319 e. The summed E-state index contributed by atoms with van der Waals surface area (Å²) in [5, 5.41) is 3.41. The van der Waals surface area contributed by atoms with Crippen molar-refractivity contribution >= 4 is 34.0 Å². The van der Waals surface area contributed by atoms with Gasteiger partial charge in [0.25, 0.3) is 0 Å². The monoisotopic (exact) mass is 366 g/mol. The summed E-state index contributed by atoms with van der Waals surface area (Å²) in [5.41, 5.74) is 0.990. The van der Waals surface area contributed by atoms with E-state index in [2.05, 4.69) is 5.32 Å². The maximum atomic E-state index is 12.8. The van der Waals surface area contributed by atoms with Crippen LogP contribution in [0.3, 0.4) is 0 Å². The molecule has 0 radical (unpaired) electrons. The lowest BCUT2D eigenvalue weighted by atomic mass is 10.0. The van der Waals surface area contributed by atoms with Gasteiger partial charge >= 0.3 is 0 Å². The third-order valence-electron chi connectivity index (χ3n) is 3.98. The smallest absolute Gasteiger partial charge is 0.244 e. The molecule has 1 heterocycles. The van der Waals surface area contributed by atoms with Crippen molar-refractivity contribution in [2.45, 2.75) is 31.1 Å². The summed E-state index contributed by atoms with van der Waals surface area (Å²) in [4.78, 5) is 0.237. The van der Waals surface area contributed by atoms with Crippen molar-refractivity contribution in [3.05, 3.63) is 28.8 Å². The molecule has 1 aromatic carbocycles. The Bertz CT molecular complexity index is 606. The molecular formula is C15H24Cl2N2O2S. The van der Waals surface area contributed by atoms with Crippen molar-refractivity contribution in [3.63, 3.8) is 0 Å². The van der Waals surface area contributed by atoms with E-state index in [0.29, 0.717) is 24.0 Å². The van der Waals surface area contributed by atoms with E-state index in [-0.39, 0.29) is 23.2 Å². The molecule has 22 heavy (non-hydrogen) atoms. The second-order valence-corrected chi connectivity index (χ2v) is 8.23. The zero-order chi connectivity index (χ0) is 15.6. The van der Waals surface area contributed by atoms with Gasteiger partial charge in [0, 0.05) is 13.1 Å². The average molecular weight is 367 g/mol. The molecule has 0 aliphatic carbocycles. The molecule has 1 aromatic rings. The van der Waals surface area contributed by atoms with Gasteiger partial charge < -0.3 is 5.32 Å². The predicted octanol–water partition coefficient (Wildman–Crippen LogP) is 3.12.